The van der Waals surface area contributed by atoms with E-state index < -0.39 is 6.09 Å². The van der Waals surface area contributed by atoms with Crippen LogP contribution in [-0.2, 0) is 11.3 Å². The summed E-state index contributed by atoms with van der Waals surface area (Å²) in [6.45, 7) is 7.74. The molecule has 2 aromatic rings. The van der Waals surface area contributed by atoms with Crippen LogP contribution in [0.5, 0.6) is 5.75 Å². The summed E-state index contributed by atoms with van der Waals surface area (Å²) in [7, 11) is 1.60. The van der Waals surface area contributed by atoms with Gasteiger partial charge in [0.15, 0.2) is 0 Å². The number of fused-ring (bicyclic) bond motifs is 2. The van der Waals surface area contributed by atoms with Gasteiger partial charge in [0.05, 0.1) is 12.8 Å². The predicted molar refractivity (Wildman–Crippen MR) is 134 cm³/mol. The second kappa shape index (κ2) is 12.6. The molecule has 0 saturated carbocycles. The van der Waals surface area contributed by atoms with Crippen molar-refractivity contribution in [1.29, 1.82) is 0 Å². The molecule has 4 rings (SSSR count). The molecule has 2 heterocycles. The number of anilines is 1. The Morgan fingerprint density at radius 2 is 1.76 bits per heavy atom. The molecule has 0 radical (unpaired) electrons. The summed E-state index contributed by atoms with van der Waals surface area (Å²) in [5.41, 5.74) is 3.01. The summed E-state index contributed by atoms with van der Waals surface area (Å²) in [6.07, 6.45) is 4.92. The van der Waals surface area contributed by atoms with Crippen LogP contribution >= 0.6 is 0 Å². The van der Waals surface area contributed by atoms with Crippen LogP contribution in [0.25, 0.3) is 0 Å². The van der Waals surface area contributed by atoms with Crippen molar-refractivity contribution < 1.29 is 14.3 Å². The Morgan fingerprint density at radius 3 is 2.42 bits per heavy atom. The molecule has 0 aliphatic carbocycles. The summed E-state index contributed by atoms with van der Waals surface area (Å²) in [4.78, 5) is 15.2. The Hall–Kier alpha value is -2.57. The van der Waals surface area contributed by atoms with E-state index in [-0.39, 0.29) is 6.10 Å². The molecule has 2 bridgehead atoms. The Bertz CT molecular complexity index is 860. The molecule has 2 N–H and O–H groups in total. The number of methoxy groups -OCH3 is 1. The Morgan fingerprint density at radius 1 is 1.06 bits per heavy atom. The molecular weight excluding hydrogens is 414 g/mol. The summed E-state index contributed by atoms with van der Waals surface area (Å²) in [5, 5.41) is 6.46. The van der Waals surface area contributed by atoms with Crippen molar-refractivity contribution in [3.8, 4) is 5.75 Å². The average molecular weight is 454 g/mol. The highest BCUT2D eigenvalue weighted by Crippen LogP contribution is 2.35. The quantitative estimate of drug-likeness (QED) is 0.562. The second-order valence-corrected chi connectivity index (χ2v) is 8.65. The molecule has 2 saturated heterocycles. The zero-order valence-corrected chi connectivity index (χ0v) is 20.5. The van der Waals surface area contributed by atoms with Gasteiger partial charge in [0.2, 0.25) is 0 Å². The van der Waals surface area contributed by atoms with Gasteiger partial charge in [-0.2, -0.15) is 0 Å². The Labute approximate surface area is 198 Å². The molecule has 33 heavy (non-hydrogen) atoms. The lowest BCUT2D eigenvalue weighted by Crippen LogP contribution is -2.56. The van der Waals surface area contributed by atoms with E-state index in [2.05, 4.69) is 39.8 Å². The van der Waals surface area contributed by atoms with Crippen molar-refractivity contribution >= 4 is 11.8 Å². The zero-order chi connectivity index (χ0) is 23.6. The molecule has 2 unspecified atom stereocenters. The molecule has 180 valence electrons. The number of carbonyl (C=O) groups excluding carboxylic acids is 1. The highest BCUT2D eigenvalue weighted by Gasteiger charge is 2.39. The topological polar surface area (TPSA) is 62.8 Å². The van der Waals surface area contributed by atoms with E-state index in [4.69, 9.17) is 9.47 Å². The van der Waals surface area contributed by atoms with Gasteiger partial charge in [0.1, 0.15) is 11.9 Å². The third-order valence-corrected chi connectivity index (χ3v) is 6.41. The number of amides is 1. The van der Waals surface area contributed by atoms with Gasteiger partial charge in [-0.15, -0.1) is 0 Å². The number of rotatable bonds is 7. The first kappa shape index (κ1) is 25.1. The number of nitrogens with one attached hydrogen (secondary N) is 2. The first-order chi connectivity index (χ1) is 16.1. The molecule has 0 spiro atoms. The van der Waals surface area contributed by atoms with Crippen LogP contribution in [0, 0.1) is 6.92 Å². The van der Waals surface area contributed by atoms with Gasteiger partial charge in [-0.1, -0.05) is 56.7 Å². The van der Waals surface area contributed by atoms with Gasteiger partial charge in [-0.25, -0.2) is 4.79 Å². The average Bonchev–Trinajstić information content (AvgIpc) is 2.81. The highest BCUT2D eigenvalue weighted by atomic mass is 16.6. The maximum absolute atomic E-state index is 12.6. The first-order valence-corrected chi connectivity index (χ1v) is 12.2. The Balaban J connectivity index is 0.00000149. The minimum absolute atomic E-state index is 0.0449. The van der Waals surface area contributed by atoms with E-state index in [1.165, 1.54) is 12.0 Å². The normalized spacial score (nSPS) is 22.0. The number of aryl methyl sites for hydroxylation is 1. The minimum Gasteiger partial charge on any atom is -0.495 e. The summed E-state index contributed by atoms with van der Waals surface area (Å²) >= 11 is 0. The SMILES string of the molecule is CC.COc1ccc(C)cc1NC(=O)OC1CC2CCCC(C1)N2CNCc1ccccc1. The van der Waals surface area contributed by atoms with Crippen molar-refractivity contribution in [2.24, 2.45) is 0 Å². The van der Waals surface area contributed by atoms with Gasteiger partial charge in [-0.3, -0.25) is 10.2 Å². The van der Waals surface area contributed by atoms with Crippen LogP contribution in [0.2, 0.25) is 0 Å². The van der Waals surface area contributed by atoms with E-state index in [9.17, 15) is 4.79 Å². The number of piperidine rings is 2. The summed E-state index contributed by atoms with van der Waals surface area (Å²) in [6, 6.07) is 17.1. The smallest absolute Gasteiger partial charge is 0.412 e. The van der Waals surface area contributed by atoms with Crippen LogP contribution in [0.1, 0.15) is 57.1 Å². The van der Waals surface area contributed by atoms with E-state index in [0.29, 0.717) is 23.5 Å². The third-order valence-electron chi connectivity index (χ3n) is 6.41. The predicted octanol–water partition coefficient (Wildman–Crippen LogP) is 5.71. The minimum atomic E-state index is -0.400. The van der Waals surface area contributed by atoms with Crippen LogP contribution in [0.4, 0.5) is 10.5 Å². The Kier molecular flexibility index (Phi) is 9.58. The van der Waals surface area contributed by atoms with Crippen molar-refractivity contribution in [2.75, 3.05) is 19.1 Å². The van der Waals surface area contributed by atoms with Crippen molar-refractivity contribution in [3.63, 3.8) is 0 Å². The lowest BCUT2D eigenvalue weighted by Gasteiger charge is -2.48. The van der Waals surface area contributed by atoms with Gasteiger partial charge in [-0.05, 0) is 43.0 Å². The molecule has 0 aromatic heterocycles. The molecule has 2 fully saturated rings. The highest BCUT2D eigenvalue weighted by molar-refractivity contribution is 5.87. The molecule has 2 aliphatic rings. The third kappa shape index (κ3) is 6.95. The molecular formula is C27H39N3O3. The molecule has 2 atom stereocenters. The van der Waals surface area contributed by atoms with Crippen molar-refractivity contribution in [1.82, 2.24) is 10.2 Å². The standard InChI is InChI=1S/C25H33N3O3.C2H6/c1-18-11-12-24(30-2)23(13-18)27-25(29)31-22-14-20-9-6-10-21(15-22)28(20)17-26-16-19-7-4-3-5-8-19;1-2/h3-5,7-8,11-13,20-22,26H,6,9-10,14-17H2,1-2H3,(H,27,29);1-2H3. The van der Waals surface area contributed by atoms with E-state index in [1.54, 1.807) is 7.11 Å². The fourth-order valence-corrected chi connectivity index (χ4v) is 4.92. The lowest BCUT2D eigenvalue weighted by molar-refractivity contribution is -0.0341. The molecule has 6 heteroatoms. The van der Waals surface area contributed by atoms with Crippen LogP contribution in [0.3, 0.4) is 0 Å². The van der Waals surface area contributed by atoms with E-state index in [0.717, 1.165) is 44.5 Å². The first-order valence-electron chi connectivity index (χ1n) is 12.2. The number of hydrogen-bond acceptors (Lipinski definition) is 5. The second-order valence-electron chi connectivity index (χ2n) is 8.65. The fraction of sp³-hybridized carbons (Fsp3) is 0.519. The maximum Gasteiger partial charge on any atom is 0.412 e. The number of nitrogens with zero attached hydrogens (tertiary/aromatic N) is 1. The van der Waals surface area contributed by atoms with E-state index >= 15 is 0 Å². The fourth-order valence-electron chi connectivity index (χ4n) is 4.92. The maximum atomic E-state index is 12.6. The van der Waals surface area contributed by atoms with Gasteiger partial charge < -0.3 is 14.8 Å². The number of benzene rings is 2. The van der Waals surface area contributed by atoms with Crippen LogP contribution in [0.15, 0.2) is 48.5 Å². The van der Waals surface area contributed by atoms with Gasteiger partial charge in [0.25, 0.3) is 0 Å². The monoisotopic (exact) mass is 453 g/mol. The molecule has 2 aliphatic heterocycles. The number of hydrogen-bond donors (Lipinski definition) is 2. The largest absolute Gasteiger partial charge is 0.495 e. The van der Waals surface area contributed by atoms with E-state index in [1.807, 2.05) is 45.0 Å². The van der Waals surface area contributed by atoms with Crippen molar-refractivity contribution in [2.45, 2.75) is 77.6 Å². The number of ether oxygens (including phenoxy) is 2. The molecule has 1 amide bonds. The molecule has 6 nitrogen and oxygen atoms in total. The van der Waals surface area contributed by atoms with Crippen molar-refractivity contribution in [3.05, 3.63) is 59.7 Å². The van der Waals surface area contributed by atoms with Gasteiger partial charge >= 0.3 is 6.09 Å². The van der Waals surface area contributed by atoms with Crippen LogP contribution < -0.4 is 15.4 Å². The van der Waals surface area contributed by atoms with Crippen LogP contribution in [-0.4, -0.2) is 43.0 Å². The van der Waals surface area contributed by atoms with Gasteiger partial charge in [0, 0.05) is 38.1 Å². The number of carbonyl (C=O) groups is 1. The summed E-state index contributed by atoms with van der Waals surface area (Å²) < 4.78 is 11.2. The molecule has 2 aromatic carbocycles. The zero-order valence-electron chi connectivity index (χ0n) is 20.5. The lowest BCUT2D eigenvalue weighted by atomic mass is 9.83. The summed E-state index contributed by atoms with van der Waals surface area (Å²) in [5.74, 6) is 0.638.